The molecule has 4 heteroatoms. The number of aromatic nitrogens is 2. The maximum absolute atomic E-state index is 9.43. The second kappa shape index (κ2) is 7.11. The Kier molecular flexibility index (Phi) is 5.37. The van der Waals surface area contributed by atoms with Crippen molar-refractivity contribution in [3.63, 3.8) is 0 Å². The first-order valence-electron chi connectivity index (χ1n) is 5.18. The predicted octanol–water partition coefficient (Wildman–Crippen LogP) is 1.85. The van der Waals surface area contributed by atoms with Gasteiger partial charge in [-0.3, -0.25) is 14.8 Å². The van der Waals surface area contributed by atoms with E-state index in [1.54, 1.807) is 26.5 Å². The van der Waals surface area contributed by atoms with Crippen molar-refractivity contribution in [2.75, 3.05) is 14.1 Å². The van der Waals surface area contributed by atoms with Crippen molar-refractivity contribution in [2.24, 2.45) is 0 Å². The zero-order valence-electron chi connectivity index (χ0n) is 9.95. The molecule has 2 heterocycles. The smallest absolute Gasteiger partial charge is 0.209 e. The third kappa shape index (κ3) is 4.88. The van der Waals surface area contributed by atoms with Gasteiger partial charge in [0.1, 0.15) is 0 Å². The summed E-state index contributed by atoms with van der Waals surface area (Å²) >= 11 is 0. The van der Waals surface area contributed by atoms with Gasteiger partial charge in [0, 0.05) is 26.5 Å². The summed E-state index contributed by atoms with van der Waals surface area (Å²) in [5, 5.41) is 0. The number of amides is 1. The van der Waals surface area contributed by atoms with Crippen LogP contribution in [-0.2, 0) is 4.79 Å². The van der Waals surface area contributed by atoms with E-state index in [9.17, 15) is 4.79 Å². The quantitative estimate of drug-likeness (QED) is 0.738. The zero-order chi connectivity index (χ0) is 12.5. The topological polar surface area (TPSA) is 46.1 Å². The van der Waals surface area contributed by atoms with Crippen LogP contribution in [0.3, 0.4) is 0 Å². The van der Waals surface area contributed by atoms with Crippen molar-refractivity contribution in [1.29, 1.82) is 0 Å². The Balaban J connectivity index is 0.000000249. The molecule has 0 unspecified atom stereocenters. The van der Waals surface area contributed by atoms with Gasteiger partial charge in [-0.1, -0.05) is 12.1 Å². The average molecular weight is 229 g/mol. The van der Waals surface area contributed by atoms with Crippen LogP contribution in [0.5, 0.6) is 0 Å². The molecule has 4 nitrogen and oxygen atoms in total. The predicted molar refractivity (Wildman–Crippen MR) is 67.2 cm³/mol. The fourth-order valence-electron chi connectivity index (χ4n) is 1.03. The molecular formula is C13H15N3O. The molecule has 0 aliphatic carbocycles. The normalized spacial score (nSPS) is 8.82. The number of pyridine rings is 2. The Morgan fingerprint density at radius 2 is 1.35 bits per heavy atom. The van der Waals surface area contributed by atoms with Crippen LogP contribution in [0.25, 0.3) is 11.4 Å². The minimum Gasteiger partial charge on any atom is -0.351 e. The molecule has 0 aliphatic heterocycles. The van der Waals surface area contributed by atoms with Gasteiger partial charge in [0.05, 0.1) is 11.4 Å². The van der Waals surface area contributed by atoms with Crippen LogP contribution in [0.15, 0.2) is 48.8 Å². The van der Waals surface area contributed by atoms with E-state index in [0.29, 0.717) is 0 Å². The highest BCUT2D eigenvalue weighted by Gasteiger charge is 1.95. The lowest BCUT2D eigenvalue weighted by Gasteiger charge is -1.96. The van der Waals surface area contributed by atoms with Crippen LogP contribution in [-0.4, -0.2) is 35.4 Å². The summed E-state index contributed by atoms with van der Waals surface area (Å²) in [6, 6.07) is 11.6. The van der Waals surface area contributed by atoms with E-state index in [0.717, 1.165) is 17.8 Å². The van der Waals surface area contributed by atoms with Gasteiger partial charge in [0.2, 0.25) is 6.41 Å². The molecule has 88 valence electrons. The largest absolute Gasteiger partial charge is 0.351 e. The van der Waals surface area contributed by atoms with E-state index in [2.05, 4.69) is 9.97 Å². The van der Waals surface area contributed by atoms with Crippen molar-refractivity contribution in [3.05, 3.63) is 48.8 Å². The van der Waals surface area contributed by atoms with Crippen molar-refractivity contribution in [2.45, 2.75) is 0 Å². The van der Waals surface area contributed by atoms with Crippen molar-refractivity contribution < 1.29 is 4.79 Å². The average Bonchev–Trinajstić information content (AvgIpc) is 2.41. The second-order valence-corrected chi connectivity index (χ2v) is 3.50. The molecule has 2 aromatic heterocycles. The molecule has 2 aromatic rings. The Morgan fingerprint density at radius 1 is 0.941 bits per heavy atom. The molecule has 0 saturated carbocycles. The SMILES string of the molecule is CN(C)C=O.c1ccc(-c2ccccn2)nc1. The Hall–Kier alpha value is -2.23. The van der Waals surface area contributed by atoms with Gasteiger partial charge >= 0.3 is 0 Å². The lowest BCUT2D eigenvalue weighted by molar-refractivity contribution is -0.115. The number of carbonyl (C=O) groups is 1. The Morgan fingerprint density at radius 3 is 1.59 bits per heavy atom. The zero-order valence-corrected chi connectivity index (χ0v) is 9.95. The standard InChI is InChI=1S/C10H8N2.C3H7NO/c1-3-7-11-9(5-1)10-6-2-4-8-12-10;1-4(2)3-5/h1-8H;3H,1-2H3. The highest BCUT2D eigenvalue weighted by atomic mass is 16.1. The Labute approximate surface area is 101 Å². The summed E-state index contributed by atoms with van der Waals surface area (Å²) in [5.74, 6) is 0. The first-order chi connectivity index (χ1) is 8.24. The van der Waals surface area contributed by atoms with Crippen LogP contribution in [0.2, 0.25) is 0 Å². The van der Waals surface area contributed by atoms with Crippen molar-refractivity contribution >= 4 is 6.41 Å². The van der Waals surface area contributed by atoms with E-state index in [1.165, 1.54) is 4.90 Å². The monoisotopic (exact) mass is 229 g/mol. The summed E-state index contributed by atoms with van der Waals surface area (Å²) < 4.78 is 0. The minimum absolute atomic E-state index is 0.750. The minimum atomic E-state index is 0.750. The van der Waals surface area contributed by atoms with Crippen molar-refractivity contribution in [3.8, 4) is 11.4 Å². The molecule has 0 atom stereocenters. The van der Waals surface area contributed by atoms with Gasteiger partial charge in [0.25, 0.3) is 0 Å². The first-order valence-corrected chi connectivity index (χ1v) is 5.18. The molecule has 0 aliphatic rings. The van der Waals surface area contributed by atoms with Gasteiger partial charge in [-0.2, -0.15) is 0 Å². The van der Waals surface area contributed by atoms with E-state index in [-0.39, 0.29) is 0 Å². The first kappa shape index (κ1) is 12.8. The third-order valence-corrected chi connectivity index (χ3v) is 1.80. The molecule has 0 spiro atoms. The van der Waals surface area contributed by atoms with Crippen LogP contribution < -0.4 is 0 Å². The third-order valence-electron chi connectivity index (χ3n) is 1.80. The van der Waals surface area contributed by atoms with Crippen LogP contribution in [0, 0.1) is 0 Å². The van der Waals surface area contributed by atoms with E-state index in [1.807, 2.05) is 36.4 Å². The summed E-state index contributed by atoms with van der Waals surface area (Å²) in [6.07, 6.45) is 4.29. The maximum atomic E-state index is 9.43. The number of nitrogens with zero attached hydrogens (tertiary/aromatic N) is 3. The van der Waals surface area contributed by atoms with Crippen LogP contribution in [0.4, 0.5) is 0 Å². The molecule has 17 heavy (non-hydrogen) atoms. The maximum Gasteiger partial charge on any atom is 0.209 e. The molecule has 2 rings (SSSR count). The summed E-state index contributed by atoms with van der Waals surface area (Å²) in [6.45, 7) is 0. The van der Waals surface area contributed by atoms with E-state index in [4.69, 9.17) is 0 Å². The lowest BCUT2D eigenvalue weighted by Crippen LogP contribution is -2.06. The molecular weight excluding hydrogens is 214 g/mol. The van der Waals surface area contributed by atoms with E-state index >= 15 is 0 Å². The Bertz CT molecular complexity index is 391. The number of hydrogen-bond acceptors (Lipinski definition) is 3. The van der Waals surface area contributed by atoms with Crippen LogP contribution in [0.1, 0.15) is 0 Å². The van der Waals surface area contributed by atoms with E-state index < -0.39 is 0 Å². The lowest BCUT2D eigenvalue weighted by atomic mass is 10.2. The fraction of sp³-hybridized carbons (Fsp3) is 0.154. The van der Waals surface area contributed by atoms with Gasteiger partial charge in [-0.15, -0.1) is 0 Å². The number of carbonyl (C=O) groups excluding carboxylic acids is 1. The highest BCUT2D eigenvalue weighted by Crippen LogP contribution is 2.10. The van der Waals surface area contributed by atoms with Gasteiger partial charge in [-0.25, -0.2) is 0 Å². The number of rotatable bonds is 2. The molecule has 0 fully saturated rings. The molecule has 0 aromatic carbocycles. The molecule has 0 N–H and O–H groups in total. The number of hydrogen-bond donors (Lipinski definition) is 0. The molecule has 0 saturated heterocycles. The fourth-order valence-corrected chi connectivity index (χ4v) is 1.03. The second-order valence-electron chi connectivity index (χ2n) is 3.50. The summed E-state index contributed by atoms with van der Waals surface area (Å²) in [7, 11) is 3.38. The van der Waals surface area contributed by atoms with Gasteiger partial charge in [0.15, 0.2) is 0 Å². The van der Waals surface area contributed by atoms with Crippen LogP contribution >= 0.6 is 0 Å². The molecule has 0 radical (unpaired) electrons. The summed E-state index contributed by atoms with van der Waals surface area (Å²) in [5.41, 5.74) is 1.83. The summed E-state index contributed by atoms with van der Waals surface area (Å²) in [4.78, 5) is 19.2. The van der Waals surface area contributed by atoms with Gasteiger partial charge in [-0.05, 0) is 24.3 Å². The van der Waals surface area contributed by atoms with Gasteiger partial charge < -0.3 is 4.90 Å². The molecule has 0 bridgehead atoms. The molecule has 1 amide bonds. The van der Waals surface area contributed by atoms with Crippen molar-refractivity contribution in [1.82, 2.24) is 14.9 Å². The highest BCUT2D eigenvalue weighted by molar-refractivity contribution is 5.52.